The van der Waals surface area contributed by atoms with Crippen LogP contribution in [0.4, 0.5) is 9.52 Å². The summed E-state index contributed by atoms with van der Waals surface area (Å²) >= 11 is 3.34. The Morgan fingerprint density at radius 2 is 1.81 bits per heavy atom. The van der Waals surface area contributed by atoms with Crippen LogP contribution in [0.3, 0.4) is 0 Å². The molecular weight excluding hydrogens is 433 g/mol. The van der Waals surface area contributed by atoms with E-state index in [0.29, 0.717) is 11.1 Å². The van der Waals surface area contributed by atoms with Crippen molar-refractivity contribution in [3.63, 3.8) is 0 Å². The van der Waals surface area contributed by atoms with Gasteiger partial charge in [-0.25, -0.2) is 9.37 Å². The fourth-order valence-electron chi connectivity index (χ4n) is 3.58. The van der Waals surface area contributed by atoms with E-state index in [9.17, 15) is 4.39 Å². The molecule has 0 saturated carbocycles. The van der Waals surface area contributed by atoms with Crippen molar-refractivity contribution in [1.29, 1.82) is 0 Å². The summed E-state index contributed by atoms with van der Waals surface area (Å²) in [6.45, 7) is 5.18. The molecule has 0 N–H and O–H groups in total. The lowest BCUT2D eigenvalue weighted by Gasteiger charge is -2.34. The molecule has 2 aromatic heterocycles. The van der Waals surface area contributed by atoms with Gasteiger partial charge in [-0.3, -0.25) is 4.90 Å². The van der Waals surface area contributed by atoms with Gasteiger partial charge in [-0.05, 0) is 49.4 Å². The number of rotatable bonds is 7. The molecule has 0 aliphatic carbocycles. The average Bonchev–Trinajstić information content (AvgIpc) is 3.45. The van der Waals surface area contributed by atoms with Crippen LogP contribution in [0.5, 0.6) is 0 Å². The lowest BCUT2D eigenvalue weighted by atomic mass is 10.2. The fraction of sp³-hybridized carbons (Fsp3) is 0.318. The number of hydrogen-bond acceptors (Lipinski definition) is 8. The van der Waals surface area contributed by atoms with Gasteiger partial charge in [0.2, 0.25) is 5.89 Å². The second kappa shape index (κ2) is 9.33. The maximum Gasteiger partial charge on any atom is 0.276 e. The Morgan fingerprint density at radius 3 is 2.61 bits per heavy atom. The van der Waals surface area contributed by atoms with Crippen molar-refractivity contribution in [2.75, 3.05) is 43.4 Å². The highest BCUT2D eigenvalue weighted by Crippen LogP contribution is 2.29. The van der Waals surface area contributed by atoms with Gasteiger partial charge in [-0.2, -0.15) is 0 Å². The molecule has 2 aromatic carbocycles. The second-order valence-electron chi connectivity index (χ2n) is 7.37. The minimum atomic E-state index is -0.279. The molecule has 160 valence electrons. The van der Waals surface area contributed by atoms with Crippen LogP contribution in [-0.4, -0.2) is 58.6 Å². The molecular formula is C22H22FN5OS2. The van der Waals surface area contributed by atoms with Crippen LogP contribution in [0.1, 0.15) is 6.42 Å². The molecule has 31 heavy (non-hydrogen) atoms. The van der Waals surface area contributed by atoms with Gasteiger partial charge in [-0.1, -0.05) is 35.2 Å². The van der Waals surface area contributed by atoms with Gasteiger partial charge in [0, 0.05) is 37.5 Å². The smallest absolute Gasteiger partial charge is 0.276 e. The predicted octanol–water partition coefficient (Wildman–Crippen LogP) is 4.79. The lowest BCUT2D eigenvalue weighted by Crippen LogP contribution is -2.46. The van der Waals surface area contributed by atoms with E-state index in [1.54, 1.807) is 35.2 Å². The van der Waals surface area contributed by atoms with Gasteiger partial charge in [-0.15, -0.1) is 10.2 Å². The van der Waals surface area contributed by atoms with Crippen molar-refractivity contribution in [3.05, 3.63) is 54.3 Å². The molecule has 1 aliphatic rings. The highest BCUT2D eigenvalue weighted by Gasteiger charge is 2.19. The number of nitrogens with zero attached hydrogens (tertiary/aromatic N) is 5. The van der Waals surface area contributed by atoms with E-state index in [2.05, 4.69) is 38.2 Å². The third-order valence-electron chi connectivity index (χ3n) is 5.27. The van der Waals surface area contributed by atoms with E-state index in [4.69, 9.17) is 9.40 Å². The van der Waals surface area contributed by atoms with Crippen LogP contribution >= 0.6 is 23.1 Å². The summed E-state index contributed by atoms with van der Waals surface area (Å²) < 4.78 is 20.0. The van der Waals surface area contributed by atoms with Crippen molar-refractivity contribution in [3.8, 4) is 11.5 Å². The van der Waals surface area contributed by atoms with Crippen LogP contribution in [0.25, 0.3) is 21.7 Å². The molecule has 0 spiro atoms. The zero-order valence-corrected chi connectivity index (χ0v) is 18.5. The highest BCUT2D eigenvalue weighted by molar-refractivity contribution is 7.99. The Labute approximate surface area is 188 Å². The topological polar surface area (TPSA) is 58.3 Å². The zero-order valence-electron chi connectivity index (χ0n) is 16.9. The van der Waals surface area contributed by atoms with Gasteiger partial charge in [0.15, 0.2) is 5.13 Å². The van der Waals surface area contributed by atoms with Crippen LogP contribution in [0.15, 0.2) is 58.2 Å². The third kappa shape index (κ3) is 4.89. The minimum Gasteiger partial charge on any atom is -0.411 e. The standard InChI is InChI=1S/C22H22FN5OS2/c23-17-8-6-16(7-9-17)20-25-26-22(29-20)30-15-3-10-27-11-13-28(14-12-27)21-24-18-4-1-2-5-19(18)31-21/h1-2,4-9H,3,10-15H2. The number of fused-ring (bicyclic) bond motifs is 1. The molecule has 0 atom stereocenters. The van der Waals surface area contributed by atoms with E-state index in [1.807, 2.05) is 6.07 Å². The number of hydrogen-bond donors (Lipinski definition) is 0. The number of aromatic nitrogens is 3. The molecule has 0 bridgehead atoms. The Kier molecular flexibility index (Phi) is 6.15. The Bertz CT molecular complexity index is 1110. The first-order valence-electron chi connectivity index (χ1n) is 10.3. The van der Waals surface area contributed by atoms with Crippen LogP contribution in [0, 0.1) is 5.82 Å². The van der Waals surface area contributed by atoms with Crippen molar-refractivity contribution in [2.45, 2.75) is 11.6 Å². The van der Waals surface area contributed by atoms with Gasteiger partial charge in [0.1, 0.15) is 5.82 Å². The number of halogens is 1. The largest absolute Gasteiger partial charge is 0.411 e. The summed E-state index contributed by atoms with van der Waals surface area (Å²) in [5, 5.41) is 9.83. The number of benzene rings is 2. The third-order valence-corrected chi connectivity index (χ3v) is 7.27. The first kappa shape index (κ1) is 20.4. The molecule has 5 rings (SSSR count). The molecule has 0 radical (unpaired) electrons. The van der Waals surface area contributed by atoms with Crippen molar-refractivity contribution < 1.29 is 8.81 Å². The number of piperazine rings is 1. The van der Waals surface area contributed by atoms with Gasteiger partial charge in [0.05, 0.1) is 10.2 Å². The summed E-state index contributed by atoms with van der Waals surface area (Å²) in [5.41, 5.74) is 1.82. The molecule has 6 nitrogen and oxygen atoms in total. The number of para-hydroxylation sites is 1. The molecule has 1 aliphatic heterocycles. The molecule has 3 heterocycles. The molecule has 0 amide bonds. The van der Waals surface area contributed by atoms with Crippen molar-refractivity contribution in [1.82, 2.24) is 20.1 Å². The molecule has 0 unspecified atom stereocenters. The van der Waals surface area contributed by atoms with Gasteiger partial charge < -0.3 is 9.32 Å². The number of anilines is 1. The van der Waals surface area contributed by atoms with E-state index < -0.39 is 0 Å². The summed E-state index contributed by atoms with van der Waals surface area (Å²) in [4.78, 5) is 9.68. The van der Waals surface area contributed by atoms with Crippen LogP contribution < -0.4 is 4.90 Å². The summed E-state index contributed by atoms with van der Waals surface area (Å²) in [5.74, 6) is 1.07. The first-order valence-corrected chi connectivity index (χ1v) is 12.1. The molecule has 1 saturated heterocycles. The van der Waals surface area contributed by atoms with E-state index in [1.165, 1.54) is 16.8 Å². The normalized spacial score (nSPS) is 15.1. The Hall–Kier alpha value is -2.49. The monoisotopic (exact) mass is 455 g/mol. The highest BCUT2D eigenvalue weighted by atomic mass is 32.2. The maximum absolute atomic E-state index is 13.0. The fourth-order valence-corrected chi connectivity index (χ4v) is 5.28. The van der Waals surface area contributed by atoms with Crippen molar-refractivity contribution in [2.24, 2.45) is 0 Å². The predicted molar refractivity (Wildman–Crippen MR) is 123 cm³/mol. The van der Waals surface area contributed by atoms with Crippen molar-refractivity contribution >= 4 is 38.4 Å². The lowest BCUT2D eigenvalue weighted by molar-refractivity contribution is 0.259. The maximum atomic E-state index is 13.0. The van der Waals surface area contributed by atoms with Crippen LogP contribution in [-0.2, 0) is 0 Å². The van der Waals surface area contributed by atoms with E-state index in [0.717, 1.165) is 61.1 Å². The van der Waals surface area contributed by atoms with E-state index >= 15 is 0 Å². The second-order valence-corrected chi connectivity index (χ2v) is 9.43. The molecule has 1 fully saturated rings. The first-order chi connectivity index (χ1) is 15.2. The number of thiazole rings is 1. The Morgan fingerprint density at radius 1 is 1.00 bits per heavy atom. The minimum absolute atomic E-state index is 0.279. The Balaban J connectivity index is 1.05. The van der Waals surface area contributed by atoms with E-state index in [-0.39, 0.29) is 5.82 Å². The summed E-state index contributed by atoms with van der Waals surface area (Å²) in [6, 6.07) is 14.4. The van der Waals surface area contributed by atoms with Crippen LogP contribution in [0.2, 0.25) is 0 Å². The molecule has 9 heteroatoms. The van der Waals surface area contributed by atoms with Gasteiger partial charge >= 0.3 is 0 Å². The van der Waals surface area contributed by atoms with Gasteiger partial charge in [0.25, 0.3) is 5.22 Å². The quantitative estimate of drug-likeness (QED) is 0.293. The zero-order chi connectivity index (χ0) is 21.0. The number of thioether (sulfide) groups is 1. The summed E-state index contributed by atoms with van der Waals surface area (Å²) in [6.07, 6.45) is 1.06. The molecule has 4 aromatic rings. The SMILES string of the molecule is Fc1ccc(-c2nnc(SCCCN3CCN(c4nc5ccccc5s4)CC3)o2)cc1. The average molecular weight is 456 g/mol. The summed E-state index contributed by atoms with van der Waals surface area (Å²) in [7, 11) is 0.